The Morgan fingerprint density at radius 1 is 1.40 bits per heavy atom. The van der Waals surface area contributed by atoms with Crippen molar-refractivity contribution in [1.82, 2.24) is 0 Å². The predicted octanol–water partition coefficient (Wildman–Crippen LogP) is 0.723. The van der Waals surface area contributed by atoms with Gasteiger partial charge in [-0.3, -0.25) is 10.1 Å². The van der Waals surface area contributed by atoms with E-state index in [0.717, 1.165) is 6.29 Å². The normalized spacial score (nSPS) is 14.9. The highest BCUT2D eigenvalue weighted by atomic mass is 16.7. The van der Waals surface area contributed by atoms with Crippen molar-refractivity contribution in [3.63, 3.8) is 0 Å². The number of nitro groups is 1. The van der Waals surface area contributed by atoms with Crippen LogP contribution in [0.25, 0.3) is 0 Å². The molecule has 0 radical (unpaired) electrons. The lowest BCUT2D eigenvalue weighted by Crippen LogP contribution is -2.36. The van der Waals surface area contributed by atoms with Gasteiger partial charge in [-0.1, -0.05) is 6.92 Å². The number of hydrogen-bond donors (Lipinski definition) is 0. The lowest BCUT2D eigenvalue weighted by molar-refractivity contribution is -0.495. The van der Waals surface area contributed by atoms with Gasteiger partial charge in [0.25, 0.3) is 0 Å². The minimum atomic E-state index is -0.717. The highest BCUT2D eigenvalue weighted by Crippen LogP contribution is 2.20. The summed E-state index contributed by atoms with van der Waals surface area (Å²) in [5.74, 6) is -0.960. The van der Waals surface area contributed by atoms with Crippen LogP contribution < -0.4 is 0 Å². The largest absolute Gasteiger partial charge is 0.355 e. The molecule has 6 heteroatoms. The van der Waals surface area contributed by atoms with Gasteiger partial charge in [-0.05, 0) is 6.42 Å². The molecule has 0 aliphatic heterocycles. The molecule has 0 amide bonds. The molecule has 0 heterocycles. The molecule has 0 aromatic carbocycles. The minimum Gasteiger partial charge on any atom is -0.355 e. The van der Waals surface area contributed by atoms with Crippen molar-refractivity contribution >= 4 is 6.29 Å². The molecule has 2 atom stereocenters. The third-order valence-electron chi connectivity index (χ3n) is 2.37. The molecule has 0 bridgehead atoms. The summed E-state index contributed by atoms with van der Waals surface area (Å²) in [6.45, 7) is 1.47. The summed E-state index contributed by atoms with van der Waals surface area (Å²) in [5, 5.41) is 10.5. The van der Waals surface area contributed by atoms with E-state index in [1.54, 1.807) is 6.92 Å². The fraction of sp³-hybridized carbons (Fsp3) is 0.889. The van der Waals surface area contributed by atoms with Crippen LogP contribution in [-0.4, -0.2) is 38.3 Å². The summed E-state index contributed by atoms with van der Waals surface area (Å²) in [6, 6.07) is 0. The summed E-state index contributed by atoms with van der Waals surface area (Å²) >= 11 is 0. The molecule has 88 valence electrons. The molecule has 0 aromatic heterocycles. The molecule has 0 saturated heterocycles. The third kappa shape index (κ3) is 4.35. The Morgan fingerprint density at radius 2 is 1.93 bits per heavy atom. The van der Waals surface area contributed by atoms with E-state index in [1.165, 1.54) is 14.2 Å². The first kappa shape index (κ1) is 14.0. The van der Waals surface area contributed by atoms with E-state index >= 15 is 0 Å². The second kappa shape index (κ2) is 7.30. The molecule has 0 aliphatic carbocycles. The Hall–Kier alpha value is -1.01. The van der Waals surface area contributed by atoms with Gasteiger partial charge < -0.3 is 14.3 Å². The van der Waals surface area contributed by atoms with Gasteiger partial charge in [0.2, 0.25) is 6.54 Å². The highest BCUT2D eigenvalue weighted by Gasteiger charge is 2.33. The van der Waals surface area contributed by atoms with Gasteiger partial charge in [-0.15, -0.1) is 0 Å². The van der Waals surface area contributed by atoms with Crippen molar-refractivity contribution in [2.24, 2.45) is 11.8 Å². The van der Waals surface area contributed by atoms with Crippen molar-refractivity contribution in [2.45, 2.75) is 19.6 Å². The molecular formula is C9H17NO5. The molecule has 0 spiro atoms. The number of rotatable bonds is 8. The monoisotopic (exact) mass is 219 g/mol. The maximum atomic E-state index is 10.8. The van der Waals surface area contributed by atoms with E-state index < -0.39 is 23.0 Å². The first-order valence-electron chi connectivity index (χ1n) is 4.73. The molecule has 0 aliphatic rings. The first-order chi connectivity index (χ1) is 7.10. The van der Waals surface area contributed by atoms with E-state index in [1.807, 2.05) is 0 Å². The van der Waals surface area contributed by atoms with Crippen LogP contribution in [0.4, 0.5) is 0 Å². The van der Waals surface area contributed by atoms with Crippen LogP contribution in [0, 0.1) is 22.0 Å². The van der Waals surface area contributed by atoms with E-state index in [0.29, 0.717) is 6.42 Å². The van der Waals surface area contributed by atoms with Crippen LogP contribution in [-0.2, 0) is 14.3 Å². The summed E-state index contributed by atoms with van der Waals surface area (Å²) < 4.78 is 9.92. The Kier molecular flexibility index (Phi) is 6.81. The van der Waals surface area contributed by atoms with E-state index in [2.05, 4.69) is 0 Å². The molecule has 0 aromatic rings. The quantitative estimate of drug-likeness (QED) is 0.260. The van der Waals surface area contributed by atoms with Gasteiger partial charge in [0, 0.05) is 25.1 Å². The number of hydrogen-bond acceptors (Lipinski definition) is 5. The van der Waals surface area contributed by atoms with Crippen LogP contribution >= 0.6 is 0 Å². The van der Waals surface area contributed by atoms with Crippen molar-refractivity contribution < 1.29 is 19.2 Å². The number of ether oxygens (including phenoxy) is 2. The Labute approximate surface area is 88.7 Å². The average Bonchev–Trinajstić information content (AvgIpc) is 2.20. The van der Waals surface area contributed by atoms with Gasteiger partial charge in [-0.2, -0.15) is 0 Å². The van der Waals surface area contributed by atoms with Gasteiger partial charge in [0.15, 0.2) is 6.29 Å². The molecule has 0 N–H and O–H groups in total. The molecule has 0 fully saturated rings. The van der Waals surface area contributed by atoms with Crippen molar-refractivity contribution in [3.8, 4) is 0 Å². The number of aldehydes is 1. The highest BCUT2D eigenvalue weighted by molar-refractivity contribution is 5.54. The van der Waals surface area contributed by atoms with E-state index in [9.17, 15) is 14.9 Å². The Balaban J connectivity index is 4.66. The van der Waals surface area contributed by atoms with Crippen LogP contribution in [0.3, 0.4) is 0 Å². The van der Waals surface area contributed by atoms with Crippen LogP contribution in [0.1, 0.15) is 13.3 Å². The Morgan fingerprint density at radius 3 is 2.20 bits per heavy atom. The lowest BCUT2D eigenvalue weighted by atomic mass is 9.90. The fourth-order valence-electron chi connectivity index (χ4n) is 1.54. The van der Waals surface area contributed by atoms with Crippen molar-refractivity contribution in [2.75, 3.05) is 20.8 Å². The van der Waals surface area contributed by atoms with Gasteiger partial charge in [0.05, 0.1) is 5.92 Å². The summed E-state index contributed by atoms with van der Waals surface area (Å²) in [7, 11) is 2.80. The molecule has 0 saturated carbocycles. The zero-order valence-electron chi connectivity index (χ0n) is 9.21. The summed E-state index contributed by atoms with van der Waals surface area (Å²) in [6.07, 6.45) is 0.537. The maximum absolute atomic E-state index is 10.8. The van der Waals surface area contributed by atoms with Crippen LogP contribution in [0.2, 0.25) is 0 Å². The number of methoxy groups -OCH3 is 2. The van der Waals surface area contributed by atoms with Crippen LogP contribution in [0.15, 0.2) is 0 Å². The smallest absolute Gasteiger partial charge is 0.212 e. The maximum Gasteiger partial charge on any atom is 0.212 e. The zero-order chi connectivity index (χ0) is 11.8. The SMILES string of the molecule is CC[C@H](C=O)C(C[N+](=O)[O-])C(OC)OC. The van der Waals surface area contributed by atoms with E-state index in [-0.39, 0.29) is 6.54 Å². The second-order valence-electron chi connectivity index (χ2n) is 3.23. The topological polar surface area (TPSA) is 78.7 Å². The van der Waals surface area contributed by atoms with Gasteiger partial charge in [-0.25, -0.2) is 0 Å². The first-order valence-corrected chi connectivity index (χ1v) is 4.73. The molecule has 6 nitrogen and oxygen atoms in total. The zero-order valence-corrected chi connectivity index (χ0v) is 9.21. The number of carbonyl (C=O) groups is 1. The van der Waals surface area contributed by atoms with E-state index in [4.69, 9.17) is 9.47 Å². The third-order valence-corrected chi connectivity index (χ3v) is 2.37. The number of carbonyl (C=O) groups excluding carboxylic acids is 1. The van der Waals surface area contributed by atoms with Crippen molar-refractivity contribution in [3.05, 3.63) is 10.1 Å². The standard InChI is InChI=1S/C9H17NO5/c1-4-7(6-11)8(5-10(12)13)9(14-2)15-3/h6-9H,4-5H2,1-3H3/t7-,8?/m1/s1. The second-order valence-corrected chi connectivity index (χ2v) is 3.23. The van der Waals surface area contributed by atoms with Crippen LogP contribution in [0.5, 0.6) is 0 Å². The summed E-state index contributed by atoms with van der Waals surface area (Å²) in [5.41, 5.74) is 0. The molecule has 15 heavy (non-hydrogen) atoms. The summed E-state index contributed by atoms with van der Waals surface area (Å²) in [4.78, 5) is 20.8. The van der Waals surface area contributed by atoms with Crippen molar-refractivity contribution in [1.29, 1.82) is 0 Å². The Bertz CT molecular complexity index is 205. The molecule has 0 rings (SSSR count). The van der Waals surface area contributed by atoms with Gasteiger partial charge >= 0.3 is 0 Å². The average molecular weight is 219 g/mol. The van der Waals surface area contributed by atoms with Gasteiger partial charge in [0.1, 0.15) is 6.29 Å². The predicted molar refractivity (Wildman–Crippen MR) is 53.0 cm³/mol. The molecular weight excluding hydrogens is 202 g/mol. The number of nitrogens with zero attached hydrogens (tertiary/aromatic N) is 1. The molecule has 1 unspecified atom stereocenters. The lowest BCUT2D eigenvalue weighted by Gasteiger charge is -2.25. The minimum absolute atomic E-state index is 0.330. The fourth-order valence-corrected chi connectivity index (χ4v) is 1.54.